The van der Waals surface area contributed by atoms with Gasteiger partial charge in [0.2, 0.25) is 5.91 Å². The van der Waals surface area contributed by atoms with Gasteiger partial charge < -0.3 is 10.3 Å². The summed E-state index contributed by atoms with van der Waals surface area (Å²) in [6, 6.07) is 9.42. The minimum atomic E-state index is -0.483. The van der Waals surface area contributed by atoms with Crippen molar-refractivity contribution < 1.29 is 4.79 Å². The standard InChI is InChI=1S/C14H16N4OS/c1-3-9-18-10(2)16-17-14(18)20-12(13(15)19)11-7-5-4-6-8-11/h3-8,12H,1,9H2,2H3,(H2,15,19). The van der Waals surface area contributed by atoms with E-state index in [-0.39, 0.29) is 0 Å². The van der Waals surface area contributed by atoms with Crippen molar-refractivity contribution in [2.24, 2.45) is 5.73 Å². The third-order valence-corrected chi connectivity index (χ3v) is 4.05. The van der Waals surface area contributed by atoms with E-state index < -0.39 is 11.2 Å². The normalized spacial score (nSPS) is 12.1. The molecule has 2 N–H and O–H groups in total. The molecule has 1 atom stereocenters. The Balaban J connectivity index is 2.30. The van der Waals surface area contributed by atoms with Crippen LogP contribution in [0.25, 0.3) is 0 Å². The van der Waals surface area contributed by atoms with E-state index in [0.717, 1.165) is 11.4 Å². The zero-order valence-corrected chi connectivity index (χ0v) is 12.0. The number of carbonyl (C=O) groups excluding carboxylic acids is 1. The second-order valence-corrected chi connectivity index (χ2v) is 5.31. The molecule has 0 aliphatic heterocycles. The molecule has 0 spiro atoms. The molecule has 2 aromatic rings. The molecule has 2 rings (SSSR count). The number of rotatable bonds is 6. The van der Waals surface area contributed by atoms with Gasteiger partial charge in [-0.05, 0) is 12.5 Å². The SMILES string of the molecule is C=CCn1c(C)nnc1SC(C(N)=O)c1ccccc1. The van der Waals surface area contributed by atoms with Crippen LogP contribution in [-0.2, 0) is 11.3 Å². The summed E-state index contributed by atoms with van der Waals surface area (Å²) in [5, 5.41) is 8.31. The van der Waals surface area contributed by atoms with E-state index in [4.69, 9.17) is 5.73 Å². The van der Waals surface area contributed by atoms with Crippen LogP contribution in [0.5, 0.6) is 0 Å². The van der Waals surface area contributed by atoms with Gasteiger partial charge in [0.05, 0.1) is 0 Å². The molecule has 5 nitrogen and oxygen atoms in total. The smallest absolute Gasteiger partial charge is 0.235 e. The van der Waals surface area contributed by atoms with Crippen LogP contribution in [-0.4, -0.2) is 20.7 Å². The van der Waals surface area contributed by atoms with Crippen molar-refractivity contribution in [2.45, 2.75) is 23.9 Å². The zero-order chi connectivity index (χ0) is 14.5. The molecule has 0 aliphatic carbocycles. The van der Waals surface area contributed by atoms with Gasteiger partial charge in [0.25, 0.3) is 0 Å². The highest BCUT2D eigenvalue weighted by atomic mass is 32.2. The Kier molecular flexibility index (Phi) is 4.57. The van der Waals surface area contributed by atoms with E-state index in [1.165, 1.54) is 11.8 Å². The van der Waals surface area contributed by atoms with E-state index in [2.05, 4.69) is 16.8 Å². The van der Waals surface area contributed by atoms with Crippen LogP contribution in [0.4, 0.5) is 0 Å². The Morgan fingerprint density at radius 1 is 1.45 bits per heavy atom. The van der Waals surface area contributed by atoms with Crippen molar-refractivity contribution in [2.75, 3.05) is 0 Å². The molecule has 1 unspecified atom stereocenters. The first-order valence-electron chi connectivity index (χ1n) is 6.15. The Morgan fingerprint density at radius 3 is 2.75 bits per heavy atom. The van der Waals surface area contributed by atoms with Crippen LogP contribution in [0.1, 0.15) is 16.6 Å². The lowest BCUT2D eigenvalue weighted by Crippen LogP contribution is -2.19. The number of aryl methyl sites for hydroxylation is 1. The summed E-state index contributed by atoms with van der Waals surface area (Å²) in [7, 11) is 0. The number of allylic oxidation sites excluding steroid dienone is 1. The summed E-state index contributed by atoms with van der Waals surface area (Å²) in [5.41, 5.74) is 6.37. The number of nitrogens with zero attached hydrogens (tertiary/aromatic N) is 3. The van der Waals surface area contributed by atoms with Crippen molar-refractivity contribution in [3.8, 4) is 0 Å². The fourth-order valence-electron chi connectivity index (χ4n) is 1.81. The van der Waals surface area contributed by atoms with Gasteiger partial charge in [-0.15, -0.1) is 16.8 Å². The summed E-state index contributed by atoms with van der Waals surface area (Å²) < 4.78 is 1.90. The summed E-state index contributed by atoms with van der Waals surface area (Å²) in [5.74, 6) is 0.385. The lowest BCUT2D eigenvalue weighted by molar-refractivity contribution is -0.117. The van der Waals surface area contributed by atoms with Gasteiger partial charge in [-0.1, -0.05) is 48.2 Å². The van der Waals surface area contributed by atoms with Crippen LogP contribution in [0, 0.1) is 6.92 Å². The van der Waals surface area contributed by atoms with Crippen molar-refractivity contribution in [1.82, 2.24) is 14.8 Å². The first-order valence-corrected chi connectivity index (χ1v) is 7.03. The van der Waals surface area contributed by atoms with Crippen LogP contribution < -0.4 is 5.73 Å². The van der Waals surface area contributed by atoms with Crippen molar-refractivity contribution in [3.05, 3.63) is 54.4 Å². The average molecular weight is 288 g/mol. The topological polar surface area (TPSA) is 73.8 Å². The van der Waals surface area contributed by atoms with E-state index in [1.807, 2.05) is 41.8 Å². The summed E-state index contributed by atoms with van der Waals surface area (Å²) in [6.45, 7) is 6.18. The fourth-order valence-corrected chi connectivity index (χ4v) is 2.85. The maximum absolute atomic E-state index is 11.7. The number of nitrogens with two attached hydrogens (primary N) is 1. The number of hydrogen-bond donors (Lipinski definition) is 1. The summed E-state index contributed by atoms with van der Waals surface area (Å²) in [6.07, 6.45) is 1.77. The van der Waals surface area contributed by atoms with E-state index in [0.29, 0.717) is 11.7 Å². The van der Waals surface area contributed by atoms with Crippen LogP contribution in [0.2, 0.25) is 0 Å². The molecule has 1 aromatic heterocycles. The second-order valence-electron chi connectivity index (χ2n) is 4.24. The Bertz CT molecular complexity index is 609. The molecular formula is C14H16N4OS. The molecule has 1 amide bonds. The van der Waals surface area contributed by atoms with Gasteiger partial charge in [0.1, 0.15) is 11.1 Å². The first kappa shape index (κ1) is 14.3. The fraction of sp³-hybridized carbons (Fsp3) is 0.214. The number of carbonyl (C=O) groups is 1. The van der Waals surface area contributed by atoms with Crippen molar-refractivity contribution >= 4 is 17.7 Å². The summed E-state index contributed by atoms with van der Waals surface area (Å²) in [4.78, 5) is 11.7. The zero-order valence-electron chi connectivity index (χ0n) is 11.2. The number of primary amides is 1. The number of aromatic nitrogens is 3. The number of amides is 1. The number of hydrogen-bond acceptors (Lipinski definition) is 4. The third kappa shape index (κ3) is 3.08. The van der Waals surface area contributed by atoms with Gasteiger partial charge >= 0.3 is 0 Å². The Labute approximate surface area is 121 Å². The van der Waals surface area contributed by atoms with Crippen LogP contribution in [0.3, 0.4) is 0 Å². The minimum absolute atomic E-state index is 0.396. The number of thioether (sulfide) groups is 1. The maximum atomic E-state index is 11.7. The molecule has 6 heteroatoms. The van der Waals surface area contributed by atoms with Crippen molar-refractivity contribution in [3.63, 3.8) is 0 Å². The van der Waals surface area contributed by atoms with Crippen molar-refractivity contribution in [1.29, 1.82) is 0 Å². The van der Waals surface area contributed by atoms with E-state index >= 15 is 0 Å². The van der Waals surface area contributed by atoms with Crippen LogP contribution in [0.15, 0.2) is 48.1 Å². The quantitative estimate of drug-likeness (QED) is 0.652. The Morgan fingerprint density at radius 2 is 2.15 bits per heavy atom. The minimum Gasteiger partial charge on any atom is -0.368 e. The van der Waals surface area contributed by atoms with Gasteiger partial charge in [0, 0.05) is 6.54 Å². The predicted molar refractivity (Wildman–Crippen MR) is 79.2 cm³/mol. The highest BCUT2D eigenvalue weighted by Crippen LogP contribution is 2.34. The van der Waals surface area contributed by atoms with E-state index in [9.17, 15) is 4.79 Å². The lowest BCUT2D eigenvalue weighted by Gasteiger charge is -2.13. The Hall–Kier alpha value is -2.08. The second kappa shape index (κ2) is 6.38. The molecule has 0 radical (unpaired) electrons. The third-order valence-electron chi connectivity index (χ3n) is 2.80. The predicted octanol–water partition coefficient (Wildman–Crippen LogP) is 2.09. The molecular weight excluding hydrogens is 272 g/mol. The number of benzene rings is 1. The lowest BCUT2D eigenvalue weighted by atomic mass is 10.1. The first-order chi connectivity index (χ1) is 9.63. The molecule has 0 aliphatic rings. The van der Waals surface area contributed by atoms with E-state index in [1.54, 1.807) is 6.08 Å². The van der Waals surface area contributed by atoms with Gasteiger partial charge in [-0.25, -0.2) is 0 Å². The highest BCUT2D eigenvalue weighted by molar-refractivity contribution is 8.00. The molecule has 0 bridgehead atoms. The molecule has 0 saturated carbocycles. The van der Waals surface area contributed by atoms with Gasteiger partial charge in [-0.3, -0.25) is 4.79 Å². The van der Waals surface area contributed by atoms with Crippen LogP contribution >= 0.6 is 11.8 Å². The molecule has 1 heterocycles. The highest BCUT2D eigenvalue weighted by Gasteiger charge is 2.22. The average Bonchev–Trinajstić information content (AvgIpc) is 2.78. The maximum Gasteiger partial charge on any atom is 0.235 e. The molecule has 20 heavy (non-hydrogen) atoms. The largest absolute Gasteiger partial charge is 0.368 e. The molecule has 1 aromatic carbocycles. The summed E-state index contributed by atoms with van der Waals surface area (Å²) >= 11 is 1.30. The van der Waals surface area contributed by atoms with Gasteiger partial charge in [-0.2, -0.15) is 0 Å². The molecule has 104 valence electrons. The van der Waals surface area contributed by atoms with Gasteiger partial charge in [0.15, 0.2) is 5.16 Å². The monoisotopic (exact) mass is 288 g/mol. The molecule has 0 saturated heterocycles. The molecule has 0 fully saturated rings.